The third kappa shape index (κ3) is 3.27. The molecule has 0 aliphatic carbocycles. The maximum absolute atomic E-state index is 6.14. The van der Waals surface area contributed by atoms with Crippen LogP contribution in [0.5, 0.6) is 0 Å². The molecule has 0 bridgehead atoms. The molecule has 0 aliphatic heterocycles. The van der Waals surface area contributed by atoms with Gasteiger partial charge < -0.3 is 5.73 Å². The van der Waals surface area contributed by atoms with Crippen molar-refractivity contribution in [3.63, 3.8) is 0 Å². The first kappa shape index (κ1) is 12.1. The Morgan fingerprint density at radius 2 is 2.06 bits per heavy atom. The van der Waals surface area contributed by atoms with Crippen LogP contribution in [0.25, 0.3) is 10.9 Å². The van der Waals surface area contributed by atoms with Crippen molar-refractivity contribution in [1.29, 1.82) is 0 Å². The molecule has 17 heavy (non-hydrogen) atoms. The van der Waals surface area contributed by atoms with Crippen LogP contribution in [-0.4, -0.2) is 11.0 Å². The fourth-order valence-corrected chi connectivity index (χ4v) is 2.24. The molecule has 0 fully saturated rings. The number of hydrogen-bond donors (Lipinski definition) is 1. The van der Waals surface area contributed by atoms with Gasteiger partial charge in [-0.05, 0) is 42.5 Å². The van der Waals surface area contributed by atoms with E-state index >= 15 is 0 Å². The molecule has 1 atom stereocenters. The highest BCUT2D eigenvalue weighted by Gasteiger charge is 2.07. The van der Waals surface area contributed by atoms with Gasteiger partial charge in [-0.1, -0.05) is 26.0 Å². The molecule has 0 aliphatic rings. The molecular formula is C15H20N2. The van der Waals surface area contributed by atoms with E-state index in [0.29, 0.717) is 5.92 Å². The van der Waals surface area contributed by atoms with Gasteiger partial charge in [0.15, 0.2) is 0 Å². The summed E-state index contributed by atoms with van der Waals surface area (Å²) in [4.78, 5) is 4.32. The Bertz CT molecular complexity index is 491. The molecule has 1 aromatic carbocycles. The van der Waals surface area contributed by atoms with Gasteiger partial charge in [0.1, 0.15) is 0 Å². The van der Waals surface area contributed by atoms with Gasteiger partial charge in [-0.3, -0.25) is 4.98 Å². The van der Waals surface area contributed by atoms with E-state index in [9.17, 15) is 0 Å². The lowest BCUT2D eigenvalue weighted by molar-refractivity contribution is 0.493. The normalized spacial score (nSPS) is 13.2. The number of hydrogen-bond acceptors (Lipinski definition) is 2. The van der Waals surface area contributed by atoms with Crippen LogP contribution in [0.3, 0.4) is 0 Å². The second-order valence-electron chi connectivity index (χ2n) is 5.12. The molecule has 2 N–H and O–H groups in total. The van der Waals surface area contributed by atoms with Gasteiger partial charge in [0.25, 0.3) is 0 Å². The molecule has 0 saturated carbocycles. The van der Waals surface area contributed by atoms with Crippen molar-refractivity contribution < 1.29 is 0 Å². The Labute approximate surface area is 103 Å². The van der Waals surface area contributed by atoms with E-state index in [2.05, 4.69) is 43.1 Å². The smallest absolute Gasteiger partial charge is 0.0702 e. The molecule has 1 unspecified atom stereocenters. The molecule has 90 valence electrons. The Balaban J connectivity index is 2.14. The lowest BCUT2D eigenvalue weighted by atomic mass is 9.97. The van der Waals surface area contributed by atoms with Crippen LogP contribution >= 0.6 is 0 Å². The molecule has 2 rings (SSSR count). The minimum absolute atomic E-state index is 0.254. The summed E-state index contributed by atoms with van der Waals surface area (Å²) < 4.78 is 0. The van der Waals surface area contributed by atoms with Gasteiger partial charge >= 0.3 is 0 Å². The average Bonchev–Trinajstić information content (AvgIpc) is 2.27. The third-order valence-electron chi connectivity index (χ3n) is 2.94. The molecule has 2 aromatic rings. The monoisotopic (exact) mass is 228 g/mol. The first-order valence-corrected chi connectivity index (χ1v) is 6.24. The summed E-state index contributed by atoms with van der Waals surface area (Å²) in [6, 6.07) is 10.7. The number of aromatic nitrogens is 1. The molecule has 0 radical (unpaired) electrons. The summed E-state index contributed by atoms with van der Waals surface area (Å²) in [5, 5.41) is 1.20. The lowest BCUT2D eigenvalue weighted by Crippen LogP contribution is -2.24. The Hall–Kier alpha value is -1.41. The van der Waals surface area contributed by atoms with Crippen molar-refractivity contribution in [3.8, 4) is 0 Å². The van der Waals surface area contributed by atoms with Crippen LogP contribution in [-0.2, 0) is 6.42 Å². The molecule has 1 heterocycles. The number of nitrogens with two attached hydrogens (primary N) is 1. The predicted octanol–water partition coefficient (Wildman–Crippen LogP) is 3.15. The number of fused-ring (bicyclic) bond motifs is 1. The van der Waals surface area contributed by atoms with Crippen molar-refractivity contribution in [2.24, 2.45) is 11.7 Å². The fraction of sp³-hybridized carbons (Fsp3) is 0.400. The van der Waals surface area contributed by atoms with Gasteiger partial charge in [-0.2, -0.15) is 0 Å². The first-order chi connectivity index (χ1) is 8.15. The number of rotatable bonds is 4. The van der Waals surface area contributed by atoms with Crippen LogP contribution in [0.2, 0.25) is 0 Å². The third-order valence-corrected chi connectivity index (χ3v) is 2.94. The van der Waals surface area contributed by atoms with Crippen molar-refractivity contribution >= 4 is 10.9 Å². The summed E-state index contributed by atoms with van der Waals surface area (Å²) >= 11 is 0. The highest BCUT2D eigenvalue weighted by Crippen LogP contribution is 2.15. The zero-order valence-electron chi connectivity index (χ0n) is 10.6. The summed E-state index contributed by atoms with van der Waals surface area (Å²) in [5.74, 6) is 0.659. The topological polar surface area (TPSA) is 38.9 Å². The Morgan fingerprint density at radius 1 is 1.24 bits per heavy atom. The van der Waals surface area contributed by atoms with Crippen LogP contribution in [0, 0.1) is 5.92 Å². The van der Waals surface area contributed by atoms with E-state index < -0.39 is 0 Å². The van der Waals surface area contributed by atoms with Gasteiger partial charge in [0, 0.05) is 17.6 Å². The summed E-state index contributed by atoms with van der Waals surface area (Å²) in [5.41, 5.74) is 8.49. The van der Waals surface area contributed by atoms with Crippen molar-refractivity contribution in [3.05, 3.63) is 42.1 Å². The van der Waals surface area contributed by atoms with E-state index in [1.54, 1.807) is 0 Å². The second kappa shape index (κ2) is 5.28. The molecule has 0 spiro atoms. The molecular weight excluding hydrogens is 208 g/mol. The van der Waals surface area contributed by atoms with Crippen LogP contribution < -0.4 is 5.73 Å². The van der Waals surface area contributed by atoms with Crippen molar-refractivity contribution in [2.75, 3.05) is 0 Å². The van der Waals surface area contributed by atoms with Gasteiger partial charge in [-0.15, -0.1) is 0 Å². The van der Waals surface area contributed by atoms with E-state index in [-0.39, 0.29) is 6.04 Å². The maximum atomic E-state index is 6.14. The molecule has 1 aromatic heterocycles. The van der Waals surface area contributed by atoms with Gasteiger partial charge in [-0.25, -0.2) is 0 Å². The fourth-order valence-electron chi connectivity index (χ4n) is 2.24. The van der Waals surface area contributed by atoms with E-state index in [1.165, 1.54) is 10.9 Å². The molecule has 0 amide bonds. The average molecular weight is 228 g/mol. The maximum Gasteiger partial charge on any atom is 0.0702 e. The SMILES string of the molecule is CC(C)CC(N)Cc1ccc2ncccc2c1. The largest absolute Gasteiger partial charge is 0.327 e. The first-order valence-electron chi connectivity index (χ1n) is 6.24. The highest BCUT2D eigenvalue weighted by atomic mass is 14.6. The van der Waals surface area contributed by atoms with Gasteiger partial charge in [0.05, 0.1) is 5.52 Å². The van der Waals surface area contributed by atoms with Crippen LogP contribution in [0.1, 0.15) is 25.8 Å². The van der Waals surface area contributed by atoms with Crippen LogP contribution in [0.15, 0.2) is 36.5 Å². The quantitative estimate of drug-likeness (QED) is 0.873. The van der Waals surface area contributed by atoms with Crippen LogP contribution in [0.4, 0.5) is 0 Å². The summed E-state index contributed by atoms with van der Waals surface area (Å²) in [6.07, 6.45) is 3.85. The number of pyridine rings is 1. The van der Waals surface area contributed by atoms with E-state index in [0.717, 1.165) is 18.4 Å². The lowest BCUT2D eigenvalue weighted by Gasteiger charge is -2.14. The van der Waals surface area contributed by atoms with Crippen molar-refractivity contribution in [1.82, 2.24) is 4.98 Å². The molecule has 0 saturated heterocycles. The minimum Gasteiger partial charge on any atom is -0.327 e. The Morgan fingerprint density at radius 3 is 2.82 bits per heavy atom. The highest BCUT2D eigenvalue weighted by molar-refractivity contribution is 5.78. The van der Waals surface area contributed by atoms with Gasteiger partial charge in [0.2, 0.25) is 0 Å². The van der Waals surface area contributed by atoms with E-state index in [1.807, 2.05) is 12.3 Å². The number of nitrogens with zero attached hydrogens (tertiary/aromatic N) is 1. The minimum atomic E-state index is 0.254. The molecule has 2 nitrogen and oxygen atoms in total. The van der Waals surface area contributed by atoms with E-state index in [4.69, 9.17) is 5.73 Å². The Kier molecular flexibility index (Phi) is 3.75. The standard InChI is InChI=1S/C15H20N2/c1-11(2)8-14(16)10-12-5-6-15-13(9-12)4-3-7-17-15/h3-7,9,11,14H,8,10,16H2,1-2H3. The number of benzene rings is 1. The molecule has 2 heteroatoms. The predicted molar refractivity (Wildman–Crippen MR) is 72.9 cm³/mol. The summed E-state index contributed by atoms with van der Waals surface area (Å²) in [7, 11) is 0. The zero-order chi connectivity index (χ0) is 12.3. The van der Waals surface area contributed by atoms with Crippen molar-refractivity contribution in [2.45, 2.75) is 32.7 Å². The second-order valence-corrected chi connectivity index (χ2v) is 5.12. The summed E-state index contributed by atoms with van der Waals surface area (Å²) in [6.45, 7) is 4.42. The zero-order valence-corrected chi connectivity index (χ0v) is 10.6.